The van der Waals surface area contributed by atoms with Crippen molar-refractivity contribution in [3.8, 4) is 0 Å². The molecule has 0 atom stereocenters. The van der Waals surface area contributed by atoms with Crippen LogP contribution in [0.4, 0.5) is 17.3 Å². The molecule has 2 rings (SSSR count). The molecule has 0 saturated carbocycles. The first-order valence-electron chi connectivity index (χ1n) is 6.12. The first kappa shape index (κ1) is 13.8. The lowest BCUT2D eigenvalue weighted by Crippen LogP contribution is -2.05. The molecule has 6 heteroatoms. The van der Waals surface area contributed by atoms with Gasteiger partial charge in [0.15, 0.2) is 0 Å². The van der Waals surface area contributed by atoms with Crippen molar-refractivity contribution >= 4 is 23.5 Å². The summed E-state index contributed by atoms with van der Waals surface area (Å²) in [7, 11) is 1.47. The number of aromatic nitrogens is 2. The Hall–Kier alpha value is -2.63. The Labute approximate surface area is 117 Å². The number of nitrogens with two attached hydrogens (primary N) is 1. The predicted octanol–water partition coefficient (Wildman–Crippen LogP) is 2.40. The molecule has 0 saturated heterocycles. The Bertz CT molecular complexity index is 619. The highest BCUT2D eigenvalue weighted by Crippen LogP contribution is 2.22. The quantitative estimate of drug-likeness (QED) is 0.658. The molecule has 0 spiro atoms. The fourth-order valence-corrected chi connectivity index (χ4v) is 1.93. The minimum atomic E-state index is 0.340. The van der Waals surface area contributed by atoms with Gasteiger partial charge in [0.05, 0.1) is 11.8 Å². The van der Waals surface area contributed by atoms with E-state index in [1.165, 1.54) is 30.8 Å². The van der Waals surface area contributed by atoms with Crippen LogP contribution in [0.3, 0.4) is 0 Å². The molecule has 20 heavy (non-hydrogen) atoms. The smallest absolute Gasteiger partial charge is 0.144 e. The van der Waals surface area contributed by atoms with Crippen molar-refractivity contribution in [2.45, 2.75) is 13.8 Å². The molecule has 2 aromatic rings. The summed E-state index contributed by atoms with van der Waals surface area (Å²) in [6, 6.07) is 6.16. The van der Waals surface area contributed by atoms with Gasteiger partial charge in [-0.3, -0.25) is 0 Å². The molecule has 1 aromatic heterocycles. The lowest BCUT2D eigenvalue weighted by Gasteiger charge is -2.10. The average Bonchev–Trinajstić information content (AvgIpc) is 2.37. The van der Waals surface area contributed by atoms with Gasteiger partial charge in [-0.25, -0.2) is 9.97 Å². The maximum absolute atomic E-state index is 5.84. The van der Waals surface area contributed by atoms with E-state index in [2.05, 4.69) is 31.3 Å². The van der Waals surface area contributed by atoms with E-state index in [1.807, 2.05) is 26.0 Å². The number of rotatable bonds is 4. The number of aryl methyl sites for hydroxylation is 2. The van der Waals surface area contributed by atoms with Crippen molar-refractivity contribution in [2.24, 2.45) is 5.16 Å². The van der Waals surface area contributed by atoms with Gasteiger partial charge in [0.1, 0.15) is 25.1 Å². The van der Waals surface area contributed by atoms with Crippen LogP contribution in [0.2, 0.25) is 0 Å². The Morgan fingerprint density at radius 3 is 2.55 bits per heavy atom. The number of anilines is 3. The predicted molar refractivity (Wildman–Crippen MR) is 80.2 cm³/mol. The lowest BCUT2D eigenvalue weighted by atomic mass is 10.1. The van der Waals surface area contributed by atoms with E-state index in [9.17, 15) is 0 Å². The SMILES string of the molecule is CON=Cc1c(N)ncnc1Nc1cc(C)cc(C)c1. The third-order valence-electron chi connectivity index (χ3n) is 2.69. The zero-order chi connectivity index (χ0) is 14.5. The Balaban J connectivity index is 2.37. The van der Waals surface area contributed by atoms with E-state index < -0.39 is 0 Å². The molecule has 0 radical (unpaired) electrons. The third-order valence-corrected chi connectivity index (χ3v) is 2.69. The van der Waals surface area contributed by atoms with Gasteiger partial charge in [-0.15, -0.1) is 0 Å². The molecule has 0 aliphatic carbocycles. The summed E-state index contributed by atoms with van der Waals surface area (Å²) in [6.45, 7) is 4.08. The van der Waals surface area contributed by atoms with E-state index >= 15 is 0 Å². The maximum atomic E-state index is 5.84. The van der Waals surface area contributed by atoms with Gasteiger partial charge < -0.3 is 15.9 Å². The van der Waals surface area contributed by atoms with Gasteiger partial charge in [0.25, 0.3) is 0 Å². The van der Waals surface area contributed by atoms with E-state index in [1.54, 1.807) is 0 Å². The highest BCUT2D eigenvalue weighted by molar-refractivity contribution is 5.92. The molecule has 1 aromatic carbocycles. The minimum Gasteiger partial charge on any atom is -0.399 e. The number of hydrogen-bond acceptors (Lipinski definition) is 6. The van der Waals surface area contributed by atoms with Crippen molar-refractivity contribution in [2.75, 3.05) is 18.2 Å². The normalized spacial score (nSPS) is 10.8. The molecule has 0 amide bonds. The van der Waals surface area contributed by atoms with Crippen LogP contribution in [-0.4, -0.2) is 23.3 Å². The fourth-order valence-electron chi connectivity index (χ4n) is 1.93. The lowest BCUT2D eigenvalue weighted by molar-refractivity contribution is 0.215. The van der Waals surface area contributed by atoms with Gasteiger partial charge in [-0.1, -0.05) is 11.2 Å². The summed E-state index contributed by atoms with van der Waals surface area (Å²) in [5.74, 6) is 0.927. The number of oxime groups is 1. The molecule has 0 unspecified atom stereocenters. The molecule has 104 valence electrons. The standard InChI is InChI=1S/C14H17N5O/c1-9-4-10(2)6-11(5-9)19-14-12(7-18-20-3)13(15)16-8-17-14/h4-8H,1-3H3,(H3,15,16,17,19). The fraction of sp³-hybridized carbons (Fsp3) is 0.214. The largest absolute Gasteiger partial charge is 0.399 e. The molecule has 3 N–H and O–H groups in total. The summed E-state index contributed by atoms with van der Waals surface area (Å²) < 4.78 is 0. The van der Waals surface area contributed by atoms with Crippen LogP contribution in [0.5, 0.6) is 0 Å². The van der Waals surface area contributed by atoms with Gasteiger partial charge in [0.2, 0.25) is 0 Å². The zero-order valence-electron chi connectivity index (χ0n) is 11.7. The number of nitrogen functional groups attached to an aromatic ring is 1. The topological polar surface area (TPSA) is 85.4 Å². The molecule has 6 nitrogen and oxygen atoms in total. The van der Waals surface area contributed by atoms with Crippen LogP contribution in [0.25, 0.3) is 0 Å². The third kappa shape index (κ3) is 3.23. The second kappa shape index (κ2) is 6.01. The zero-order valence-corrected chi connectivity index (χ0v) is 11.7. The second-order valence-electron chi connectivity index (χ2n) is 4.44. The van der Waals surface area contributed by atoms with Crippen molar-refractivity contribution in [3.05, 3.63) is 41.2 Å². The van der Waals surface area contributed by atoms with Crippen molar-refractivity contribution in [1.29, 1.82) is 0 Å². The molecular formula is C14H17N5O. The van der Waals surface area contributed by atoms with Crippen molar-refractivity contribution in [3.63, 3.8) is 0 Å². The summed E-state index contributed by atoms with van der Waals surface area (Å²) in [5, 5.41) is 6.94. The average molecular weight is 271 g/mol. The van der Waals surface area contributed by atoms with E-state index in [4.69, 9.17) is 5.73 Å². The maximum Gasteiger partial charge on any atom is 0.144 e. The first-order valence-corrected chi connectivity index (χ1v) is 6.12. The Morgan fingerprint density at radius 1 is 1.20 bits per heavy atom. The first-order chi connectivity index (χ1) is 9.60. The highest BCUT2D eigenvalue weighted by atomic mass is 16.6. The molecule has 0 aliphatic rings. The van der Waals surface area contributed by atoms with Gasteiger partial charge >= 0.3 is 0 Å². The summed E-state index contributed by atoms with van der Waals surface area (Å²) in [5.41, 5.74) is 9.70. The van der Waals surface area contributed by atoms with Crippen molar-refractivity contribution < 1.29 is 4.84 Å². The molecular weight excluding hydrogens is 254 g/mol. The van der Waals surface area contributed by atoms with Crippen LogP contribution in [-0.2, 0) is 4.84 Å². The molecule has 0 fully saturated rings. The Kier molecular flexibility index (Phi) is 4.14. The highest BCUT2D eigenvalue weighted by Gasteiger charge is 2.08. The molecule has 0 aliphatic heterocycles. The monoisotopic (exact) mass is 271 g/mol. The number of nitrogens with zero attached hydrogens (tertiary/aromatic N) is 3. The second-order valence-corrected chi connectivity index (χ2v) is 4.44. The molecule has 0 bridgehead atoms. The number of benzene rings is 1. The van der Waals surface area contributed by atoms with E-state index in [0.717, 1.165) is 5.69 Å². The van der Waals surface area contributed by atoms with Gasteiger partial charge in [-0.05, 0) is 37.1 Å². The number of nitrogens with one attached hydrogen (secondary N) is 1. The van der Waals surface area contributed by atoms with Crippen LogP contribution in [0.1, 0.15) is 16.7 Å². The summed E-state index contributed by atoms with van der Waals surface area (Å²) in [4.78, 5) is 12.8. The van der Waals surface area contributed by atoms with Gasteiger partial charge in [0, 0.05) is 5.69 Å². The van der Waals surface area contributed by atoms with Crippen LogP contribution in [0.15, 0.2) is 29.7 Å². The van der Waals surface area contributed by atoms with Crippen molar-refractivity contribution in [1.82, 2.24) is 9.97 Å². The number of hydrogen-bond donors (Lipinski definition) is 2. The van der Waals surface area contributed by atoms with Crippen LogP contribution < -0.4 is 11.1 Å². The Morgan fingerprint density at radius 2 is 1.90 bits per heavy atom. The van der Waals surface area contributed by atoms with Crippen LogP contribution >= 0.6 is 0 Å². The van der Waals surface area contributed by atoms with Gasteiger partial charge in [-0.2, -0.15) is 0 Å². The van der Waals surface area contributed by atoms with Crippen LogP contribution in [0, 0.1) is 13.8 Å². The van der Waals surface area contributed by atoms with E-state index in [-0.39, 0.29) is 0 Å². The summed E-state index contributed by atoms with van der Waals surface area (Å²) >= 11 is 0. The van der Waals surface area contributed by atoms with E-state index in [0.29, 0.717) is 17.2 Å². The molecule has 1 heterocycles. The summed E-state index contributed by atoms with van der Waals surface area (Å²) in [6.07, 6.45) is 2.89. The minimum absolute atomic E-state index is 0.340.